The maximum Gasteiger partial charge on any atom is 0.338 e. The highest BCUT2D eigenvalue weighted by Gasteiger charge is 2.35. The van der Waals surface area contributed by atoms with Crippen LogP contribution in [0.15, 0.2) is 88.2 Å². The fourth-order valence-corrected chi connectivity index (χ4v) is 5.70. The minimum absolute atomic E-state index is 0.126. The van der Waals surface area contributed by atoms with E-state index < -0.39 is 17.8 Å². The third-order valence-electron chi connectivity index (χ3n) is 6.43. The van der Waals surface area contributed by atoms with Crippen molar-refractivity contribution in [2.24, 2.45) is 4.99 Å². The predicted molar refractivity (Wildman–Crippen MR) is 156 cm³/mol. The minimum atomic E-state index is -0.889. The number of thiazole rings is 1. The van der Waals surface area contributed by atoms with E-state index in [1.165, 1.54) is 28.0 Å². The number of carbonyl (C=O) groups excluding carboxylic acids is 1. The van der Waals surface area contributed by atoms with Gasteiger partial charge in [0.2, 0.25) is 0 Å². The summed E-state index contributed by atoms with van der Waals surface area (Å²) < 4.78 is 32.9. The second-order valence-corrected chi connectivity index (χ2v) is 10.5. The largest absolute Gasteiger partial charge is 0.493 e. The number of hydrogen-bond acceptors (Lipinski definition) is 7. The molecule has 0 N–H and O–H groups in total. The number of para-hydroxylation sites is 1. The summed E-state index contributed by atoms with van der Waals surface area (Å²) in [6.07, 6.45) is 1.61. The molecule has 0 saturated carbocycles. The molecule has 0 unspecified atom stereocenters. The number of rotatable bonds is 8. The van der Waals surface area contributed by atoms with Crippen molar-refractivity contribution >= 4 is 29.1 Å². The van der Waals surface area contributed by atoms with Gasteiger partial charge in [-0.05, 0) is 50.6 Å². The standard InChI is InChI=1S/C32H29FN2O5S/c1-5-39-31(37)26-27(20-10-7-6-8-11-20)34-32-35(28(26)21-14-16-23(33)17-15-21)30(36)25(41-32)18-22-12-9-13-24(38-4)29(22)40-19(2)3/h6-19,28H,5H2,1-4H3/b25-18-/t28-/m1/s1. The van der Waals surface area contributed by atoms with Crippen molar-refractivity contribution in [2.75, 3.05) is 13.7 Å². The van der Waals surface area contributed by atoms with E-state index in [2.05, 4.69) is 0 Å². The summed E-state index contributed by atoms with van der Waals surface area (Å²) in [5, 5.41) is 0. The average molecular weight is 573 g/mol. The molecule has 1 aliphatic rings. The lowest BCUT2D eigenvalue weighted by atomic mass is 9.93. The smallest absolute Gasteiger partial charge is 0.338 e. The van der Waals surface area contributed by atoms with E-state index in [9.17, 15) is 14.0 Å². The van der Waals surface area contributed by atoms with E-state index in [1.807, 2.05) is 56.3 Å². The Morgan fingerprint density at radius 3 is 2.46 bits per heavy atom. The molecule has 0 amide bonds. The summed E-state index contributed by atoms with van der Waals surface area (Å²) in [4.78, 5) is 32.8. The minimum Gasteiger partial charge on any atom is -0.493 e. The van der Waals surface area contributed by atoms with Crippen LogP contribution in [0.4, 0.5) is 4.39 Å². The SMILES string of the molecule is CCOC(=O)C1=C(c2ccccc2)N=c2s/c(=C\c3cccc(OC)c3OC(C)C)c(=O)n2[C@@H]1c1ccc(F)cc1. The van der Waals surface area contributed by atoms with E-state index in [0.29, 0.717) is 43.2 Å². The highest BCUT2D eigenvalue weighted by molar-refractivity contribution is 7.07. The lowest BCUT2D eigenvalue weighted by Gasteiger charge is -2.25. The van der Waals surface area contributed by atoms with Gasteiger partial charge in [0.1, 0.15) is 5.82 Å². The number of aromatic nitrogens is 1. The zero-order chi connectivity index (χ0) is 29.1. The fraction of sp³-hybridized carbons (Fsp3) is 0.219. The number of benzene rings is 3. The van der Waals surface area contributed by atoms with Gasteiger partial charge in [0.05, 0.1) is 41.7 Å². The quantitative estimate of drug-likeness (QED) is 0.282. The summed E-state index contributed by atoms with van der Waals surface area (Å²) >= 11 is 1.20. The zero-order valence-corrected chi connectivity index (χ0v) is 23.9. The topological polar surface area (TPSA) is 79.1 Å². The third-order valence-corrected chi connectivity index (χ3v) is 7.41. The van der Waals surface area contributed by atoms with Crippen LogP contribution in [0.2, 0.25) is 0 Å². The molecule has 0 bridgehead atoms. The molecule has 0 fully saturated rings. The maximum atomic E-state index is 14.1. The molecule has 5 rings (SSSR count). The number of ether oxygens (including phenoxy) is 3. The first-order valence-electron chi connectivity index (χ1n) is 13.2. The number of methoxy groups -OCH3 is 1. The average Bonchev–Trinajstić information content (AvgIpc) is 3.28. The third kappa shape index (κ3) is 5.58. The molecule has 0 spiro atoms. The van der Waals surface area contributed by atoms with E-state index >= 15 is 0 Å². The lowest BCUT2D eigenvalue weighted by Crippen LogP contribution is -2.40. The summed E-state index contributed by atoms with van der Waals surface area (Å²) in [5.41, 5.74) is 2.16. The summed E-state index contributed by atoms with van der Waals surface area (Å²) in [6.45, 7) is 5.68. The monoisotopic (exact) mass is 572 g/mol. The van der Waals surface area contributed by atoms with E-state index in [0.717, 1.165) is 0 Å². The molecule has 0 radical (unpaired) electrons. The normalized spacial score (nSPS) is 15.0. The van der Waals surface area contributed by atoms with Gasteiger partial charge in [-0.25, -0.2) is 14.2 Å². The highest BCUT2D eigenvalue weighted by Crippen LogP contribution is 2.36. The van der Waals surface area contributed by atoms with Crippen LogP contribution in [-0.4, -0.2) is 30.4 Å². The lowest BCUT2D eigenvalue weighted by molar-refractivity contribution is -0.138. The van der Waals surface area contributed by atoms with Gasteiger partial charge in [0, 0.05) is 11.1 Å². The number of hydrogen-bond donors (Lipinski definition) is 0. The molecular formula is C32H29FN2O5S. The van der Waals surface area contributed by atoms with Crippen molar-refractivity contribution in [3.63, 3.8) is 0 Å². The summed E-state index contributed by atoms with van der Waals surface area (Å²) in [5.74, 6) is 0.0319. The Labute approximate surface area is 240 Å². The first-order valence-corrected chi connectivity index (χ1v) is 14.0. The van der Waals surface area contributed by atoms with Crippen LogP contribution in [0.3, 0.4) is 0 Å². The van der Waals surface area contributed by atoms with E-state index in [-0.39, 0.29) is 23.8 Å². The van der Waals surface area contributed by atoms with Gasteiger partial charge in [-0.15, -0.1) is 0 Å². The van der Waals surface area contributed by atoms with Crippen LogP contribution >= 0.6 is 11.3 Å². The van der Waals surface area contributed by atoms with Gasteiger partial charge in [-0.1, -0.05) is 65.9 Å². The number of fused-ring (bicyclic) bond motifs is 1. The number of halogens is 1. The summed E-state index contributed by atoms with van der Waals surface area (Å²) in [6, 6.07) is 19.6. The highest BCUT2D eigenvalue weighted by atomic mass is 32.1. The van der Waals surface area contributed by atoms with Gasteiger partial charge in [0.15, 0.2) is 16.3 Å². The van der Waals surface area contributed by atoms with Crippen LogP contribution < -0.4 is 24.4 Å². The van der Waals surface area contributed by atoms with Gasteiger partial charge in [-0.2, -0.15) is 0 Å². The second-order valence-electron chi connectivity index (χ2n) is 9.53. The predicted octanol–water partition coefficient (Wildman–Crippen LogP) is 4.87. The zero-order valence-electron chi connectivity index (χ0n) is 23.1. The van der Waals surface area contributed by atoms with Gasteiger partial charge < -0.3 is 14.2 Å². The first kappa shape index (κ1) is 28.0. The van der Waals surface area contributed by atoms with Gasteiger partial charge >= 0.3 is 5.97 Å². The Morgan fingerprint density at radius 2 is 1.80 bits per heavy atom. The molecule has 1 aromatic heterocycles. The van der Waals surface area contributed by atoms with Crippen molar-refractivity contribution in [3.8, 4) is 11.5 Å². The van der Waals surface area contributed by atoms with Crippen LogP contribution in [0.5, 0.6) is 11.5 Å². The van der Waals surface area contributed by atoms with E-state index in [1.54, 1.807) is 38.3 Å². The van der Waals surface area contributed by atoms with Crippen molar-refractivity contribution in [2.45, 2.75) is 32.9 Å². The molecular weight excluding hydrogens is 543 g/mol. The van der Waals surface area contributed by atoms with Crippen LogP contribution in [0.25, 0.3) is 11.8 Å². The van der Waals surface area contributed by atoms with Crippen molar-refractivity contribution in [1.29, 1.82) is 0 Å². The Bertz CT molecular complexity index is 1790. The number of nitrogens with zero attached hydrogens (tertiary/aromatic N) is 2. The van der Waals surface area contributed by atoms with Crippen LogP contribution in [0.1, 0.15) is 43.5 Å². The summed E-state index contributed by atoms with van der Waals surface area (Å²) in [7, 11) is 1.56. The number of esters is 1. The molecule has 1 atom stereocenters. The molecule has 3 aromatic carbocycles. The Kier molecular flexibility index (Phi) is 8.16. The Balaban J connectivity index is 1.81. The maximum absolute atomic E-state index is 14.1. The molecule has 7 nitrogen and oxygen atoms in total. The van der Waals surface area contributed by atoms with Crippen molar-refractivity contribution < 1.29 is 23.4 Å². The van der Waals surface area contributed by atoms with Crippen LogP contribution in [0, 0.1) is 5.82 Å². The van der Waals surface area contributed by atoms with Crippen LogP contribution in [-0.2, 0) is 9.53 Å². The molecule has 41 heavy (non-hydrogen) atoms. The van der Waals surface area contributed by atoms with Crippen molar-refractivity contribution in [1.82, 2.24) is 4.57 Å². The second kappa shape index (κ2) is 11.9. The Hall–Kier alpha value is -4.50. The molecule has 1 aliphatic heterocycles. The fourth-order valence-electron chi connectivity index (χ4n) is 4.71. The van der Waals surface area contributed by atoms with E-state index in [4.69, 9.17) is 19.2 Å². The molecule has 9 heteroatoms. The molecule has 4 aromatic rings. The molecule has 2 heterocycles. The first-order chi connectivity index (χ1) is 19.8. The van der Waals surface area contributed by atoms with Gasteiger partial charge in [-0.3, -0.25) is 9.36 Å². The van der Waals surface area contributed by atoms with Crippen molar-refractivity contribution in [3.05, 3.63) is 121 Å². The van der Waals surface area contributed by atoms with Gasteiger partial charge in [0.25, 0.3) is 5.56 Å². The Morgan fingerprint density at radius 1 is 1.07 bits per heavy atom. The molecule has 0 saturated heterocycles. The molecule has 210 valence electrons. The number of carbonyl (C=O) groups is 1. The molecule has 0 aliphatic carbocycles.